The van der Waals surface area contributed by atoms with Crippen molar-refractivity contribution in [3.8, 4) is 5.75 Å². The summed E-state index contributed by atoms with van der Waals surface area (Å²) in [5, 5.41) is 1.75. The van der Waals surface area contributed by atoms with Gasteiger partial charge in [0, 0.05) is 7.05 Å². The largest absolute Gasteiger partial charge is 0.490 e. The summed E-state index contributed by atoms with van der Waals surface area (Å²) in [6.07, 6.45) is 3.90. The fraction of sp³-hybridized carbons (Fsp3) is 0.176. The van der Waals surface area contributed by atoms with Crippen molar-refractivity contribution >= 4 is 5.69 Å². The van der Waals surface area contributed by atoms with Gasteiger partial charge in [0.2, 0.25) is 0 Å². The van der Waals surface area contributed by atoms with Crippen LogP contribution in [-0.2, 0) is 4.84 Å². The molecule has 0 aliphatic rings. The fourth-order valence-corrected chi connectivity index (χ4v) is 1.66. The molecular formula is C17H19NO2. The molecule has 0 N–H and O–H groups in total. The third-order valence-corrected chi connectivity index (χ3v) is 2.74. The number of nitrogens with zero attached hydrogens (tertiary/aromatic N) is 1. The van der Waals surface area contributed by atoms with Gasteiger partial charge in [-0.3, -0.25) is 9.90 Å². The SMILES string of the molecule is CN(OC/C=C/COc1ccccc1)c1ccccc1. The Hall–Kier alpha value is -2.26. The fourth-order valence-electron chi connectivity index (χ4n) is 1.66. The predicted molar refractivity (Wildman–Crippen MR) is 81.9 cm³/mol. The highest BCUT2D eigenvalue weighted by Gasteiger charge is 1.97. The summed E-state index contributed by atoms with van der Waals surface area (Å²) >= 11 is 0. The Labute approximate surface area is 120 Å². The van der Waals surface area contributed by atoms with Gasteiger partial charge in [0.05, 0.1) is 12.3 Å². The molecule has 0 spiro atoms. The number of hydrogen-bond acceptors (Lipinski definition) is 3. The minimum atomic E-state index is 0.517. The van der Waals surface area contributed by atoms with Gasteiger partial charge in [-0.25, -0.2) is 0 Å². The van der Waals surface area contributed by atoms with E-state index in [1.807, 2.05) is 79.9 Å². The molecule has 0 saturated carbocycles. The Morgan fingerprint density at radius 1 is 0.850 bits per heavy atom. The first-order valence-electron chi connectivity index (χ1n) is 6.61. The number of para-hydroxylation sites is 2. The van der Waals surface area contributed by atoms with Gasteiger partial charge >= 0.3 is 0 Å². The molecule has 0 bridgehead atoms. The zero-order valence-corrected chi connectivity index (χ0v) is 11.6. The normalized spacial score (nSPS) is 10.7. The first kappa shape index (κ1) is 14.2. The van der Waals surface area contributed by atoms with Gasteiger partial charge in [-0.1, -0.05) is 42.5 Å². The van der Waals surface area contributed by atoms with Crippen LogP contribution in [0.1, 0.15) is 0 Å². The molecule has 3 nitrogen and oxygen atoms in total. The summed E-state index contributed by atoms with van der Waals surface area (Å²) < 4.78 is 5.54. The average molecular weight is 269 g/mol. The van der Waals surface area contributed by atoms with Crippen LogP contribution in [0.3, 0.4) is 0 Å². The topological polar surface area (TPSA) is 21.7 Å². The minimum Gasteiger partial charge on any atom is -0.490 e. The quantitative estimate of drug-likeness (QED) is 0.565. The van der Waals surface area contributed by atoms with E-state index in [1.54, 1.807) is 5.06 Å². The van der Waals surface area contributed by atoms with Gasteiger partial charge in [-0.2, -0.15) is 0 Å². The molecule has 20 heavy (non-hydrogen) atoms. The Kier molecular flexibility index (Phi) is 5.68. The van der Waals surface area contributed by atoms with Crippen molar-refractivity contribution in [2.24, 2.45) is 0 Å². The monoisotopic (exact) mass is 269 g/mol. The Balaban J connectivity index is 1.64. The summed E-state index contributed by atoms with van der Waals surface area (Å²) in [6.45, 7) is 1.06. The van der Waals surface area contributed by atoms with Crippen LogP contribution in [0.15, 0.2) is 72.8 Å². The smallest absolute Gasteiger partial charge is 0.119 e. The molecule has 0 aliphatic carbocycles. The molecule has 0 atom stereocenters. The van der Waals surface area contributed by atoms with Gasteiger partial charge in [-0.05, 0) is 30.3 Å². The molecule has 0 heterocycles. The van der Waals surface area contributed by atoms with E-state index in [2.05, 4.69) is 0 Å². The van der Waals surface area contributed by atoms with E-state index in [0.717, 1.165) is 11.4 Å². The number of hydroxylamine groups is 1. The van der Waals surface area contributed by atoms with E-state index in [9.17, 15) is 0 Å². The Morgan fingerprint density at radius 3 is 2.15 bits per heavy atom. The highest BCUT2D eigenvalue weighted by atomic mass is 16.7. The summed E-state index contributed by atoms with van der Waals surface area (Å²) in [4.78, 5) is 5.57. The van der Waals surface area contributed by atoms with E-state index in [1.165, 1.54) is 0 Å². The highest BCUT2D eigenvalue weighted by molar-refractivity contribution is 5.42. The van der Waals surface area contributed by atoms with Crippen molar-refractivity contribution < 1.29 is 9.57 Å². The number of hydrogen-bond donors (Lipinski definition) is 0. The summed E-state index contributed by atoms with van der Waals surface area (Å²) in [5.41, 5.74) is 1.03. The summed E-state index contributed by atoms with van der Waals surface area (Å²) in [7, 11) is 1.89. The Bertz CT molecular complexity index is 511. The van der Waals surface area contributed by atoms with E-state index < -0.39 is 0 Å². The van der Waals surface area contributed by atoms with Crippen LogP contribution in [0.2, 0.25) is 0 Å². The lowest BCUT2D eigenvalue weighted by Crippen LogP contribution is -2.17. The van der Waals surface area contributed by atoms with E-state index >= 15 is 0 Å². The molecular weight excluding hydrogens is 250 g/mol. The zero-order valence-electron chi connectivity index (χ0n) is 11.6. The predicted octanol–water partition coefficient (Wildman–Crippen LogP) is 3.69. The number of rotatable bonds is 7. The van der Waals surface area contributed by atoms with Crippen molar-refractivity contribution in [1.29, 1.82) is 0 Å². The average Bonchev–Trinajstić information content (AvgIpc) is 2.52. The van der Waals surface area contributed by atoms with Crippen LogP contribution in [0, 0.1) is 0 Å². The van der Waals surface area contributed by atoms with Crippen LogP contribution < -0.4 is 9.80 Å². The van der Waals surface area contributed by atoms with E-state index in [4.69, 9.17) is 9.57 Å². The lowest BCUT2D eigenvalue weighted by atomic mass is 10.3. The van der Waals surface area contributed by atoms with Crippen molar-refractivity contribution in [2.75, 3.05) is 25.3 Å². The molecule has 2 rings (SSSR count). The van der Waals surface area contributed by atoms with E-state index in [0.29, 0.717) is 13.2 Å². The number of anilines is 1. The lowest BCUT2D eigenvalue weighted by Gasteiger charge is -2.17. The summed E-state index contributed by atoms with van der Waals surface area (Å²) in [5.74, 6) is 0.875. The lowest BCUT2D eigenvalue weighted by molar-refractivity contribution is 0.149. The summed E-state index contributed by atoms with van der Waals surface area (Å²) in [6, 6.07) is 19.7. The second-order valence-corrected chi connectivity index (χ2v) is 4.22. The standard InChI is InChI=1S/C17H19NO2/c1-18(16-10-4-2-5-11-16)20-15-9-8-14-19-17-12-6-3-7-13-17/h2-13H,14-15H2,1H3/b9-8+. The molecule has 0 unspecified atom stereocenters. The maximum atomic E-state index is 5.57. The highest BCUT2D eigenvalue weighted by Crippen LogP contribution is 2.11. The molecule has 2 aromatic rings. The molecule has 0 fully saturated rings. The van der Waals surface area contributed by atoms with Crippen molar-refractivity contribution in [1.82, 2.24) is 0 Å². The molecule has 0 saturated heterocycles. The van der Waals surface area contributed by atoms with Crippen LogP contribution in [-0.4, -0.2) is 20.3 Å². The first-order chi connectivity index (χ1) is 9.86. The molecule has 0 aromatic heterocycles. The van der Waals surface area contributed by atoms with E-state index in [-0.39, 0.29) is 0 Å². The van der Waals surface area contributed by atoms with Crippen molar-refractivity contribution in [3.63, 3.8) is 0 Å². The third kappa shape index (κ3) is 4.78. The van der Waals surface area contributed by atoms with Crippen LogP contribution in [0.25, 0.3) is 0 Å². The first-order valence-corrected chi connectivity index (χ1v) is 6.61. The van der Waals surface area contributed by atoms with Gasteiger partial charge in [0.1, 0.15) is 12.4 Å². The maximum Gasteiger partial charge on any atom is 0.119 e. The third-order valence-electron chi connectivity index (χ3n) is 2.74. The zero-order chi connectivity index (χ0) is 14.0. The molecule has 3 heteroatoms. The molecule has 104 valence electrons. The van der Waals surface area contributed by atoms with Gasteiger partial charge < -0.3 is 4.74 Å². The molecule has 0 aliphatic heterocycles. The van der Waals surface area contributed by atoms with Crippen LogP contribution in [0.5, 0.6) is 5.75 Å². The second-order valence-electron chi connectivity index (χ2n) is 4.22. The molecule has 2 aromatic carbocycles. The van der Waals surface area contributed by atoms with Gasteiger partial charge in [0.15, 0.2) is 0 Å². The van der Waals surface area contributed by atoms with Crippen molar-refractivity contribution in [3.05, 3.63) is 72.8 Å². The van der Waals surface area contributed by atoms with Crippen molar-refractivity contribution in [2.45, 2.75) is 0 Å². The second kappa shape index (κ2) is 8.02. The Morgan fingerprint density at radius 2 is 1.45 bits per heavy atom. The maximum absolute atomic E-state index is 5.57. The van der Waals surface area contributed by atoms with Gasteiger partial charge in [-0.15, -0.1) is 0 Å². The van der Waals surface area contributed by atoms with Gasteiger partial charge in [0.25, 0.3) is 0 Å². The minimum absolute atomic E-state index is 0.517. The number of benzene rings is 2. The van der Waals surface area contributed by atoms with Crippen LogP contribution in [0.4, 0.5) is 5.69 Å². The number of ether oxygens (including phenoxy) is 1. The van der Waals surface area contributed by atoms with Crippen LogP contribution >= 0.6 is 0 Å². The molecule has 0 radical (unpaired) electrons. The molecule has 0 amide bonds.